The smallest absolute Gasteiger partial charge is 0.123 e. The van der Waals surface area contributed by atoms with Gasteiger partial charge < -0.3 is 41.4 Å². The number of imidazole rings is 6. The predicted octanol–water partition coefficient (Wildman–Crippen LogP) is 16.8. The number of nitrogens with one attached hydrogen (secondary N) is 6. The Morgan fingerprint density at radius 2 is 0.539 bits per heavy atom. The molecule has 2 saturated carbocycles. The number of hydrogen-bond donors (Lipinski definition) is 8. The van der Waals surface area contributed by atoms with E-state index in [2.05, 4.69) is 206 Å². The fourth-order valence-corrected chi connectivity index (χ4v) is 11.4. The van der Waals surface area contributed by atoms with Crippen LogP contribution >= 0.6 is 0 Å². The van der Waals surface area contributed by atoms with Gasteiger partial charge in [0.15, 0.2) is 0 Å². The molecule has 9 aromatic heterocycles. The molecule has 9 heterocycles. The molecular formula is C72H81N17. The minimum Gasteiger partial charge on any atom is -0.342 e. The number of aromatic amines is 6. The summed E-state index contributed by atoms with van der Waals surface area (Å²) in [7, 11) is 0. The molecule has 10 N–H and O–H groups in total. The first kappa shape index (κ1) is 61.0. The summed E-state index contributed by atoms with van der Waals surface area (Å²) in [4.78, 5) is 61.0. The summed E-state index contributed by atoms with van der Waals surface area (Å²) in [6, 6.07) is 37.3. The van der Waals surface area contributed by atoms with Gasteiger partial charge in [-0.25, -0.2) is 29.9 Å². The highest BCUT2D eigenvalue weighted by atomic mass is 15.0. The Balaban J connectivity index is 0.000000137. The monoisotopic (exact) mass is 1180 g/mol. The van der Waals surface area contributed by atoms with Crippen LogP contribution in [-0.2, 0) is 0 Å². The van der Waals surface area contributed by atoms with Crippen molar-refractivity contribution < 1.29 is 0 Å². The molecule has 2 atom stereocenters. The Labute approximate surface area is 521 Å². The fraction of sp³-hybridized carbons (Fsp3) is 0.292. The molecule has 0 radical (unpaired) electrons. The maximum Gasteiger partial charge on any atom is 0.123 e. The van der Waals surface area contributed by atoms with Gasteiger partial charge in [-0.15, -0.1) is 0 Å². The van der Waals surface area contributed by atoms with Gasteiger partial charge in [0.25, 0.3) is 0 Å². The van der Waals surface area contributed by atoms with Gasteiger partial charge in [-0.3, -0.25) is 15.0 Å². The van der Waals surface area contributed by atoms with E-state index >= 15 is 0 Å². The molecule has 17 heteroatoms. The summed E-state index contributed by atoms with van der Waals surface area (Å²) in [5, 5.41) is 0. The Morgan fingerprint density at radius 1 is 0.292 bits per heavy atom. The first-order chi connectivity index (χ1) is 42.8. The quantitative estimate of drug-likeness (QED) is 0.0478. The van der Waals surface area contributed by atoms with Crippen molar-refractivity contribution in [1.82, 2.24) is 74.8 Å². The van der Waals surface area contributed by atoms with Crippen LogP contribution in [0.5, 0.6) is 0 Å². The van der Waals surface area contributed by atoms with Gasteiger partial charge in [-0.05, 0) is 92.6 Å². The van der Waals surface area contributed by atoms with Crippen molar-refractivity contribution in [3.63, 3.8) is 0 Å². The number of hydrogen-bond acceptors (Lipinski definition) is 11. The topological polar surface area (TPSA) is 263 Å². The van der Waals surface area contributed by atoms with E-state index in [1.54, 1.807) is 0 Å². The van der Waals surface area contributed by atoms with Crippen LogP contribution in [0, 0.1) is 0 Å². The third-order valence-corrected chi connectivity index (χ3v) is 16.7. The van der Waals surface area contributed by atoms with Crippen LogP contribution in [0.1, 0.15) is 171 Å². The Bertz CT molecular complexity index is 3870. The third kappa shape index (κ3) is 14.3. The van der Waals surface area contributed by atoms with Gasteiger partial charge >= 0.3 is 0 Å². The lowest BCUT2D eigenvalue weighted by atomic mass is 10.1. The molecule has 2 aliphatic rings. The molecule has 2 fully saturated rings. The first-order valence-corrected chi connectivity index (χ1v) is 30.9. The number of H-pyrrole nitrogens is 6. The van der Waals surface area contributed by atoms with E-state index in [0.717, 1.165) is 136 Å². The van der Waals surface area contributed by atoms with Crippen molar-refractivity contribution >= 4 is 0 Å². The molecular weight excluding hydrogens is 1100 g/mol. The van der Waals surface area contributed by atoms with Crippen LogP contribution in [0.4, 0.5) is 0 Å². The number of rotatable bonds is 15. The zero-order chi connectivity index (χ0) is 60.7. The van der Waals surface area contributed by atoms with Crippen LogP contribution < -0.4 is 11.5 Å². The van der Waals surface area contributed by atoms with Crippen LogP contribution in [0.15, 0.2) is 165 Å². The molecule has 14 rings (SSSR count). The molecule has 0 saturated heterocycles. The minimum absolute atomic E-state index is 0. The zero-order valence-corrected chi connectivity index (χ0v) is 50.9. The maximum absolute atomic E-state index is 5.88. The summed E-state index contributed by atoms with van der Waals surface area (Å²) >= 11 is 0. The summed E-state index contributed by atoms with van der Waals surface area (Å²) < 4.78 is 0. The molecule has 0 aliphatic heterocycles. The SMILES string of the molecule is C.CC(C)c1ncc(-c2ccc(-c3ccc(-c4cnc(C5CCCC5)[nH]4)cc3)nc2)[nH]1.CC(C)c1ncc(-c2ccc(-c3ccc(-c4cnc([C@H](C)N)[nH]4)cc3)nc2)[nH]1.C[C@H](N)c1ncc(-c2ccc(-c3ccc(-c4cnc(C5CCCC5)[nH]4)cn3)cc2)[nH]1. The van der Waals surface area contributed by atoms with Crippen LogP contribution in [0.3, 0.4) is 0 Å². The van der Waals surface area contributed by atoms with E-state index in [-0.39, 0.29) is 19.5 Å². The fourth-order valence-electron chi connectivity index (χ4n) is 11.4. The van der Waals surface area contributed by atoms with E-state index in [1.165, 1.54) is 51.4 Å². The molecule has 0 amide bonds. The highest BCUT2D eigenvalue weighted by Gasteiger charge is 2.22. The summed E-state index contributed by atoms with van der Waals surface area (Å²) in [5.74, 6) is 7.77. The van der Waals surface area contributed by atoms with E-state index in [1.807, 2.05) is 75.7 Å². The zero-order valence-electron chi connectivity index (χ0n) is 50.9. The number of aromatic nitrogens is 15. The molecule has 454 valence electrons. The second-order valence-corrected chi connectivity index (χ2v) is 24.0. The van der Waals surface area contributed by atoms with Crippen LogP contribution in [0.2, 0.25) is 0 Å². The lowest BCUT2D eigenvalue weighted by Crippen LogP contribution is -2.06. The number of benzene rings is 3. The number of nitrogens with two attached hydrogens (primary N) is 2. The Kier molecular flexibility index (Phi) is 18.9. The normalized spacial score (nSPS) is 14.1. The van der Waals surface area contributed by atoms with Gasteiger partial charge in [-0.2, -0.15) is 0 Å². The van der Waals surface area contributed by atoms with Crippen LogP contribution in [0.25, 0.3) is 101 Å². The van der Waals surface area contributed by atoms with E-state index in [9.17, 15) is 0 Å². The molecule has 17 nitrogen and oxygen atoms in total. The van der Waals surface area contributed by atoms with Crippen LogP contribution in [-0.4, -0.2) is 74.8 Å². The third-order valence-electron chi connectivity index (χ3n) is 16.7. The minimum atomic E-state index is -0.109. The highest BCUT2D eigenvalue weighted by Crippen LogP contribution is 2.36. The predicted molar refractivity (Wildman–Crippen MR) is 357 cm³/mol. The number of nitrogens with zero attached hydrogens (tertiary/aromatic N) is 9. The molecule has 0 spiro atoms. The highest BCUT2D eigenvalue weighted by molar-refractivity contribution is 5.71. The number of pyridine rings is 3. The van der Waals surface area contributed by atoms with Gasteiger partial charge in [0.05, 0.1) is 101 Å². The standard InChI is InChI=1S/C25H27N5.C24H26N6.C22H24N6.CH4/c1-16(2)24-27-15-23(29-24)20-11-12-21(26-13-20)17-7-9-18(10-8-17)22-14-28-25(30-22)19-5-3-4-6-19;1-15(25)23-27-13-21(29-23)17-8-6-16(7-9-17)20-11-10-19(12-26-20)22-14-28-24(30-22)18-4-2-3-5-18;1-13(2)21-25-12-20(27-21)17-8-9-18(24-10-17)15-4-6-16(7-5-15)19-11-26-22(28-19)14(3)23;/h7-16,19H,3-6H2,1-2H3,(H,27,29)(H,28,30);6-15,18H,2-5,25H2,1H3,(H,27,29)(H,28,30);4-14H,23H2,1-3H3,(H,25,27)(H,26,28);1H4/t;15-;14-;/m.00./s1. The van der Waals surface area contributed by atoms with Crippen molar-refractivity contribution in [3.05, 3.63) is 200 Å². The van der Waals surface area contributed by atoms with Crippen molar-refractivity contribution in [1.29, 1.82) is 0 Å². The van der Waals surface area contributed by atoms with Crippen molar-refractivity contribution in [2.24, 2.45) is 11.5 Å². The van der Waals surface area contributed by atoms with E-state index in [4.69, 9.17) is 11.5 Å². The molecule has 12 aromatic rings. The van der Waals surface area contributed by atoms with Gasteiger partial charge in [0.1, 0.15) is 34.9 Å². The second-order valence-electron chi connectivity index (χ2n) is 24.0. The van der Waals surface area contributed by atoms with Crippen molar-refractivity contribution in [3.8, 4) is 101 Å². The Hall–Kier alpha value is -9.71. The molecule has 2 aliphatic carbocycles. The Morgan fingerprint density at radius 3 is 0.809 bits per heavy atom. The van der Waals surface area contributed by atoms with Crippen molar-refractivity contribution in [2.75, 3.05) is 0 Å². The molecule has 3 aromatic carbocycles. The lowest BCUT2D eigenvalue weighted by Gasteiger charge is -2.05. The first-order valence-electron chi connectivity index (χ1n) is 30.9. The molecule has 89 heavy (non-hydrogen) atoms. The molecule has 0 unspecified atom stereocenters. The lowest BCUT2D eigenvalue weighted by molar-refractivity contribution is 0.679. The van der Waals surface area contributed by atoms with Gasteiger partial charge in [0.2, 0.25) is 0 Å². The second kappa shape index (κ2) is 27.6. The van der Waals surface area contributed by atoms with Crippen molar-refractivity contribution in [2.45, 2.75) is 136 Å². The average molecular weight is 1180 g/mol. The van der Waals surface area contributed by atoms with Gasteiger partial charge in [0, 0.05) is 75.6 Å². The summed E-state index contributed by atoms with van der Waals surface area (Å²) in [5.41, 5.74) is 30.3. The largest absolute Gasteiger partial charge is 0.342 e. The van der Waals surface area contributed by atoms with E-state index < -0.39 is 0 Å². The van der Waals surface area contributed by atoms with E-state index in [0.29, 0.717) is 23.7 Å². The van der Waals surface area contributed by atoms with Gasteiger partial charge in [-0.1, -0.05) is 134 Å². The maximum atomic E-state index is 5.88. The molecule has 0 bridgehead atoms. The average Bonchev–Trinajstić information content (AvgIpc) is 3.94. The summed E-state index contributed by atoms with van der Waals surface area (Å²) in [6.45, 7) is 12.3. The summed E-state index contributed by atoms with van der Waals surface area (Å²) in [6.07, 6.45) is 27.2.